The predicted octanol–water partition coefficient (Wildman–Crippen LogP) is 1.55. The van der Waals surface area contributed by atoms with E-state index >= 15 is 0 Å². The number of alkyl halides is 1. The molecule has 0 bridgehead atoms. The summed E-state index contributed by atoms with van der Waals surface area (Å²) in [6.45, 7) is 0. The van der Waals surface area contributed by atoms with Crippen LogP contribution < -0.4 is 0 Å². The van der Waals surface area contributed by atoms with Crippen LogP contribution in [0.2, 0.25) is 0 Å². The van der Waals surface area contributed by atoms with Crippen LogP contribution in [0, 0.1) is 0 Å². The maximum Gasteiger partial charge on any atom is 0.367 e. The highest BCUT2D eigenvalue weighted by atomic mass is 35.5. The van der Waals surface area contributed by atoms with Crippen LogP contribution in [0.3, 0.4) is 0 Å². The number of carbonyl (C=O) groups excluding carboxylic acids is 1. The molecule has 0 saturated heterocycles. The number of rotatable bonds is 2. The maximum absolute atomic E-state index is 11.2. The number of oxime groups is 1. The molecule has 1 aromatic heterocycles. The van der Waals surface area contributed by atoms with Gasteiger partial charge in [0.2, 0.25) is 0 Å². The van der Waals surface area contributed by atoms with Crippen LogP contribution in [0.5, 0.6) is 0 Å². The van der Waals surface area contributed by atoms with E-state index in [1.165, 1.54) is 0 Å². The second-order valence-corrected chi connectivity index (χ2v) is 3.00. The molecule has 2 heterocycles. The molecule has 0 fully saturated rings. The van der Waals surface area contributed by atoms with Crippen molar-refractivity contribution in [2.24, 2.45) is 5.16 Å². The smallest absolute Gasteiger partial charge is 0.362 e. The minimum absolute atomic E-state index is 0.165. The molecule has 5 heteroatoms. The van der Waals surface area contributed by atoms with E-state index in [1.54, 1.807) is 12.3 Å². The minimum atomic E-state index is -0.463. The average molecular weight is 211 g/mol. The Morgan fingerprint density at radius 2 is 2.50 bits per heavy atom. The summed E-state index contributed by atoms with van der Waals surface area (Å²) in [5.74, 6) is -0.298. The monoisotopic (exact) mass is 210 g/mol. The van der Waals surface area contributed by atoms with Crippen molar-refractivity contribution >= 4 is 29.4 Å². The number of hydrogen-bond acceptors (Lipinski definition) is 3. The minimum Gasteiger partial charge on any atom is -0.362 e. The third-order valence-electron chi connectivity index (χ3n) is 1.82. The fourth-order valence-electron chi connectivity index (χ4n) is 1.14. The Hall–Kier alpha value is -1.55. The van der Waals surface area contributed by atoms with Crippen molar-refractivity contribution < 1.29 is 9.63 Å². The number of aromatic amines is 1. The van der Waals surface area contributed by atoms with Crippen LogP contribution in [0.25, 0.3) is 6.08 Å². The SMILES string of the molecule is O=C1ON=C(CCl)/C1=C/c1ccc[nH]1. The highest BCUT2D eigenvalue weighted by Crippen LogP contribution is 2.15. The van der Waals surface area contributed by atoms with Gasteiger partial charge in [0.05, 0.1) is 11.5 Å². The van der Waals surface area contributed by atoms with Crippen LogP contribution in [-0.2, 0) is 9.63 Å². The van der Waals surface area contributed by atoms with Gasteiger partial charge >= 0.3 is 5.97 Å². The highest BCUT2D eigenvalue weighted by molar-refractivity contribution is 6.38. The molecule has 0 radical (unpaired) electrons. The zero-order chi connectivity index (χ0) is 9.97. The van der Waals surface area contributed by atoms with E-state index in [0.717, 1.165) is 5.69 Å². The standard InChI is InChI=1S/C9H7ClN2O2/c10-5-8-7(9(13)14-12-8)4-6-2-1-3-11-6/h1-4,11H,5H2/b7-4-. The predicted molar refractivity (Wildman–Crippen MR) is 53.0 cm³/mol. The topological polar surface area (TPSA) is 54.4 Å². The van der Waals surface area contributed by atoms with Gasteiger partial charge in [-0.3, -0.25) is 0 Å². The number of nitrogens with zero attached hydrogens (tertiary/aromatic N) is 1. The van der Waals surface area contributed by atoms with Gasteiger partial charge in [-0.25, -0.2) is 4.79 Å². The molecule has 0 unspecified atom stereocenters. The summed E-state index contributed by atoms with van der Waals surface area (Å²) >= 11 is 5.59. The molecule has 0 aromatic carbocycles. The van der Waals surface area contributed by atoms with Gasteiger partial charge in [-0.15, -0.1) is 11.6 Å². The Kier molecular flexibility index (Phi) is 2.37. The zero-order valence-corrected chi connectivity index (χ0v) is 7.91. The summed E-state index contributed by atoms with van der Waals surface area (Å²) in [6.07, 6.45) is 3.43. The lowest BCUT2D eigenvalue weighted by Crippen LogP contribution is -2.06. The van der Waals surface area contributed by atoms with Gasteiger partial charge in [0, 0.05) is 11.9 Å². The van der Waals surface area contributed by atoms with E-state index in [2.05, 4.69) is 15.0 Å². The summed E-state index contributed by atoms with van der Waals surface area (Å²) in [7, 11) is 0. The molecule has 72 valence electrons. The number of nitrogens with one attached hydrogen (secondary N) is 1. The van der Waals surface area contributed by atoms with Gasteiger partial charge in [-0.05, 0) is 18.2 Å². The summed E-state index contributed by atoms with van der Waals surface area (Å²) in [6, 6.07) is 3.68. The van der Waals surface area contributed by atoms with Crippen molar-refractivity contribution in [3.8, 4) is 0 Å². The fourth-order valence-corrected chi connectivity index (χ4v) is 1.33. The van der Waals surface area contributed by atoms with E-state index < -0.39 is 5.97 Å². The van der Waals surface area contributed by atoms with E-state index in [1.807, 2.05) is 12.1 Å². The van der Waals surface area contributed by atoms with E-state index in [-0.39, 0.29) is 5.88 Å². The summed E-state index contributed by atoms with van der Waals surface area (Å²) in [5.41, 5.74) is 1.69. The van der Waals surface area contributed by atoms with Crippen molar-refractivity contribution in [2.45, 2.75) is 0 Å². The van der Waals surface area contributed by atoms with Gasteiger partial charge in [0.25, 0.3) is 0 Å². The number of carbonyl (C=O) groups is 1. The van der Waals surface area contributed by atoms with Crippen LogP contribution in [0.15, 0.2) is 29.1 Å². The molecule has 0 aliphatic carbocycles. The van der Waals surface area contributed by atoms with Crippen LogP contribution in [-0.4, -0.2) is 22.5 Å². The van der Waals surface area contributed by atoms with Crippen LogP contribution >= 0.6 is 11.6 Å². The largest absolute Gasteiger partial charge is 0.367 e. The number of H-pyrrole nitrogens is 1. The molecule has 4 nitrogen and oxygen atoms in total. The maximum atomic E-state index is 11.2. The molecule has 1 N–H and O–H groups in total. The average Bonchev–Trinajstić information content (AvgIpc) is 2.79. The molecular weight excluding hydrogens is 204 g/mol. The summed E-state index contributed by atoms with van der Waals surface area (Å²) in [5, 5.41) is 3.55. The number of hydrogen-bond donors (Lipinski definition) is 1. The van der Waals surface area contributed by atoms with E-state index in [4.69, 9.17) is 11.6 Å². The lowest BCUT2D eigenvalue weighted by atomic mass is 10.1. The molecule has 0 amide bonds. The van der Waals surface area contributed by atoms with Crippen LogP contribution in [0.1, 0.15) is 5.69 Å². The van der Waals surface area contributed by atoms with Gasteiger partial charge in [0.1, 0.15) is 5.71 Å². The Morgan fingerprint density at radius 3 is 3.14 bits per heavy atom. The molecule has 1 aromatic rings. The van der Waals surface area contributed by atoms with Crippen molar-refractivity contribution in [1.29, 1.82) is 0 Å². The lowest BCUT2D eigenvalue weighted by Gasteiger charge is -1.92. The first-order chi connectivity index (χ1) is 6.81. The van der Waals surface area contributed by atoms with Gasteiger partial charge in [0.15, 0.2) is 0 Å². The molecular formula is C9H7ClN2O2. The Morgan fingerprint density at radius 1 is 1.64 bits per heavy atom. The Labute approximate surface area is 85.2 Å². The van der Waals surface area contributed by atoms with Gasteiger partial charge < -0.3 is 9.82 Å². The van der Waals surface area contributed by atoms with Gasteiger partial charge in [-0.2, -0.15) is 0 Å². The second kappa shape index (κ2) is 3.67. The first-order valence-corrected chi connectivity index (χ1v) is 4.54. The molecule has 2 rings (SSSR count). The number of halogens is 1. The quantitative estimate of drug-likeness (QED) is 0.458. The molecule has 0 spiro atoms. The summed E-state index contributed by atoms with van der Waals surface area (Å²) in [4.78, 5) is 18.6. The lowest BCUT2D eigenvalue weighted by molar-refractivity contribution is -0.136. The first-order valence-electron chi connectivity index (χ1n) is 4.01. The summed E-state index contributed by atoms with van der Waals surface area (Å²) < 4.78 is 0. The Balaban J connectivity index is 2.33. The van der Waals surface area contributed by atoms with Crippen molar-refractivity contribution in [3.05, 3.63) is 29.6 Å². The normalized spacial score (nSPS) is 18.5. The second-order valence-electron chi connectivity index (χ2n) is 2.73. The molecule has 0 atom stereocenters. The highest BCUT2D eigenvalue weighted by Gasteiger charge is 2.24. The third-order valence-corrected chi connectivity index (χ3v) is 2.07. The first kappa shape index (κ1) is 9.02. The van der Waals surface area contributed by atoms with Gasteiger partial charge in [-0.1, -0.05) is 5.16 Å². The van der Waals surface area contributed by atoms with Crippen molar-refractivity contribution in [1.82, 2.24) is 4.98 Å². The Bertz CT molecular complexity index is 406. The zero-order valence-electron chi connectivity index (χ0n) is 7.16. The number of aromatic nitrogens is 1. The molecule has 1 aliphatic rings. The molecule has 0 saturated carbocycles. The molecule has 14 heavy (non-hydrogen) atoms. The molecule has 1 aliphatic heterocycles. The van der Waals surface area contributed by atoms with Crippen LogP contribution in [0.4, 0.5) is 0 Å². The van der Waals surface area contributed by atoms with Crippen molar-refractivity contribution in [3.63, 3.8) is 0 Å². The fraction of sp³-hybridized carbons (Fsp3) is 0.111. The van der Waals surface area contributed by atoms with E-state index in [9.17, 15) is 4.79 Å². The van der Waals surface area contributed by atoms with E-state index in [0.29, 0.717) is 11.3 Å². The third kappa shape index (κ3) is 1.56. The van der Waals surface area contributed by atoms with Crippen molar-refractivity contribution in [2.75, 3.05) is 5.88 Å².